The van der Waals surface area contributed by atoms with Crippen LogP contribution in [0.2, 0.25) is 0 Å². The van der Waals surface area contributed by atoms with Crippen LogP contribution in [-0.4, -0.2) is 30.8 Å². The monoisotopic (exact) mass is 404 g/mol. The number of ether oxygens (including phenoxy) is 1. The number of aromatic nitrogens is 2. The minimum Gasteiger partial charge on any atom is -0.477 e. The lowest BCUT2D eigenvalue weighted by molar-refractivity contribution is 0.198. The van der Waals surface area contributed by atoms with E-state index >= 15 is 0 Å². The van der Waals surface area contributed by atoms with Gasteiger partial charge in [0.2, 0.25) is 5.88 Å². The van der Waals surface area contributed by atoms with Gasteiger partial charge in [-0.2, -0.15) is 5.10 Å². The first kappa shape index (κ1) is 18.8. The number of benzene rings is 1. The number of urea groups is 1. The molecule has 0 bridgehead atoms. The van der Waals surface area contributed by atoms with E-state index in [0.29, 0.717) is 13.2 Å². The summed E-state index contributed by atoms with van der Waals surface area (Å²) in [4.78, 5) is 12.5. The molecule has 2 heterocycles. The lowest BCUT2D eigenvalue weighted by Gasteiger charge is -2.40. The molecule has 2 amide bonds. The Morgan fingerprint density at radius 2 is 2.11 bits per heavy atom. The zero-order chi connectivity index (χ0) is 19.9. The predicted molar refractivity (Wildman–Crippen MR) is 102 cm³/mol. The molecule has 9 heteroatoms. The van der Waals surface area contributed by atoms with Gasteiger partial charge in [0, 0.05) is 13.0 Å². The molecule has 28 heavy (non-hydrogen) atoms. The summed E-state index contributed by atoms with van der Waals surface area (Å²) in [6, 6.07) is 6.89. The Kier molecular flexibility index (Phi) is 4.57. The minimum absolute atomic E-state index is 0.120. The second-order valence-corrected chi connectivity index (χ2v) is 9.59. The maximum absolute atomic E-state index is 12.7. The highest BCUT2D eigenvalue weighted by Gasteiger charge is 2.37. The molecule has 1 aromatic heterocycles. The predicted octanol–water partition coefficient (Wildman–Crippen LogP) is 2.37. The number of nitrogens with zero attached hydrogens (tertiary/aromatic N) is 2. The number of hydrogen-bond acceptors (Lipinski definition) is 5. The van der Waals surface area contributed by atoms with E-state index < -0.39 is 16.1 Å². The van der Waals surface area contributed by atoms with Crippen molar-refractivity contribution in [3.63, 3.8) is 0 Å². The maximum Gasteiger partial charge on any atom is 0.329 e. The van der Waals surface area contributed by atoms with E-state index in [1.54, 1.807) is 0 Å². The Hall–Kier alpha value is -2.55. The quantitative estimate of drug-likeness (QED) is 0.818. The molecule has 0 spiro atoms. The van der Waals surface area contributed by atoms with Crippen molar-refractivity contribution in [1.82, 2.24) is 19.8 Å². The molecule has 8 nitrogen and oxygen atoms in total. The van der Waals surface area contributed by atoms with Crippen LogP contribution in [0.15, 0.2) is 35.4 Å². The van der Waals surface area contributed by atoms with E-state index in [0.717, 1.165) is 24.8 Å². The Labute approximate surface area is 164 Å². The summed E-state index contributed by atoms with van der Waals surface area (Å²) in [6.45, 7) is 5.16. The van der Waals surface area contributed by atoms with Crippen LogP contribution in [0.3, 0.4) is 0 Å². The third-order valence-electron chi connectivity index (χ3n) is 5.49. The van der Waals surface area contributed by atoms with Crippen molar-refractivity contribution in [2.75, 3.05) is 6.61 Å². The molecule has 2 aliphatic rings. The van der Waals surface area contributed by atoms with Crippen LogP contribution in [0.4, 0.5) is 4.79 Å². The van der Waals surface area contributed by atoms with Gasteiger partial charge in [-0.1, -0.05) is 38.1 Å². The third kappa shape index (κ3) is 3.34. The zero-order valence-electron chi connectivity index (χ0n) is 15.9. The fourth-order valence-electron chi connectivity index (χ4n) is 3.91. The van der Waals surface area contributed by atoms with Crippen molar-refractivity contribution >= 4 is 16.1 Å². The molecule has 0 saturated carbocycles. The number of sulfonamides is 1. The van der Waals surface area contributed by atoms with E-state index in [1.807, 2.05) is 24.3 Å². The van der Waals surface area contributed by atoms with E-state index in [1.165, 1.54) is 16.4 Å². The van der Waals surface area contributed by atoms with Crippen LogP contribution in [0.1, 0.15) is 43.9 Å². The number of hydrogen-bond donors (Lipinski definition) is 2. The summed E-state index contributed by atoms with van der Waals surface area (Å²) >= 11 is 0. The molecule has 2 N–H and O–H groups in total. The molecule has 1 unspecified atom stereocenters. The van der Waals surface area contributed by atoms with Gasteiger partial charge in [0.25, 0.3) is 10.0 Å². The summed E-state index contributed by atoms with van der Waals surface area (Å²) in [7, 11) is -4.09. The number of amides is 2. The van der Waals surface area contributed by atoms with E-state index in [-0.39, 0.29) is 22.2 Å². The number of carbonyl (C=O) groups is 1. The average molecular weight is 404 g/mol. The van der Waals surface area contributed by atoms with E-state index in [2.05, 4.69) is 29.0 Å². The first-order valence-electron chi connectivity index (χ1n) is 9.38. The number of aryl methyl sites for hydroxylation is 2. The number of carbonyl (C=O) groups excluding carboxylic acids is 1. The maximum atomic E-state index is 12.7. The summed E-state index contributed by atoms with van der Waals surface area (Å²) < 4.78 is 34.5. The molecule has 150 valence electrons. The molecule has 0 saturated heterocycles. The van der Waals surface area contributed by atoms with Crippen LogP contribution >= 0.6 is 0 Å². The highest BCUT2D eigenvalue weighted by Crippen LogP contribution is 2.43. The van der Waals surface area contributed by atoms with Crippen molar-refractivity contribution in [2.24, 2.45) is 5.41 Å². The summed E-state index contributed by atoms with van der Waals surface area (Å²) in [5.41, 5.74) is 2.00. The van der Waals surface area contributed by atoms with Gasteiger partial charge >= 0.3 is 6.03 Å². The van der Waals surface area contributed by atoms with Gasteiger partial charge in [-0.3, -0.25) is 0 Å². The van der Waals surface area contributed by atoms with Crippen molar-refractivity contribution in [2.45, 2.75) is 50.6 Å². The lowest BCUT2D eigenvalue weighted by atomic mass is 9.70. The molecule has 1 aliphatic carbocycles. The fourth-order valence-corrected chi connectivity index (χ4v) is 4.90. The van der Waals surface area contributed by atoms with Gasteiger partial charge < -0.3 is 10.1 Å². The average Bonchev–Trinajstić information content (AvgIpc) is 3.09. The smallest absolute Gasteiger partial charge is 0.329 e. The van der Waals surface area contributed by atoms with Gasteiger partial charge in [-0.25, -0.2) is 22.6 Å². The largest absolute Gasteiger partial charge is 0.477 e. The molecular weight excluding hydrogens is 380 g/mol. The molecule has 1 aliphatic heterocycles. The molecule has 4 rings (SSSR count). The van der Waals surface area contributed by atoms with Gasteiger partial charge in [-0.15, -0.1) is 0 Å². The highest BCUT2D eigenvalue weighted by molar-refractivity contribution is 7.90. The minimum atomic E-state index is -4.09. The molecule has 1 atom stereocenters. The summed E-state index contributed by atoms with van der Waals surface area (Å²) in [6.07, 6.45) is 3.81. The lowest BCUT2D eigenvalue weighted by Crippen LogP contribution is -2.46. The first-order chi connectivity index (χ1) is 13.3. The topological polar surface area (TPSA) is 102 Å². The van der Waals surface area contributed by atoms with Crippen molar-refractivity contribution < 1.29 is 17.9 Å². The third-order valence-corrected chi connectivity index (χ3v) is 6.80. The second kappa shape index (κ2) is 6.80. The fraction of sp³-hybridized carbons (Fsp3) is 0.474. The Morgan fingerprint density at radius 3 is 2.93 bits per heavy atom. The second-order valence-electron chi connectivity index (χ2n) is 7.94. The SMILES string of the molecule is CC1(C)CCc2ccccc2C1NC(=O)NS(=O)(=O)c1cnn2c1OCCC2. The highest BCUT2D eigenvalue weighted by atomic mass is 32.2. The molecule has 1 aromatic carbocycles. The summed E-state index contributed by atoms with van der Waals surface area (Å²) in [5, 5.41) is 6.91. The molecular formula is C19H24N4O4S. The Bertz CT molecular complexity index is 1010. The zero-order valence-corrected chi connectivity index (χ0v) is 16.8. The number of fused-ring (bicyclic) bond motifs is 2. The van der Waals surface area contributed by atoms with Crippen LogP contribution in [-0.2, 0) is 23.0 Å². The Morgan fingerprint density at radius 1 is 1.32 bits per heavy atom. The number of nitrogens with one attached hydrogen (secondary N) is 2. The van der Waals surface area contributed by atoms with Crippen molar-refractivity contribution in [3.8, 4) is 5.88 Å². The van der Waals surface area contributed by atoms with E-state index in [9.17, 15) is 13.2 Å². The van der Waals surface area contributed by atoms with Gasteiger partial charge in [0.15, 0.2) is 4.90 Å². The van der Waals surface area contributed by atoms with Crippen LogP contribution in [0.25, 0.3) is 0 Å². The first-order valence-corrected chi connectivity index (χ1v) is 10.9. The standard InChI is InChI=1S/C19H24N4O4S/c1-19(2)9-8-13-6-3-4-7-14(13)16(19)21-18(24)22-28(25,26)15-12-20-23-10-5-11-27-17(15)23/h3-4,6-7,12,16H,5,8-11H2,1-2H3,(H2,21,22,24). The summed E-state index contributed by atoms with van der Waals surface area (Å²) in [5.74, 6) is 0.176. The normalized spacial score (nSPS) is 20.4. The van der Waals surface area contributed by atoms with Crippen molar-refractivity contribution in [3.05, 3.63) is 41.6 Å². The number of rotatable bonds is 3. The van der Waals surface area contributed by atoms with Gasteiger partial charge in [-0.05, 0) is 29.4 Å². The van der Waals surface area contributed by atoms with E-state index in [4.69, 9.17) is 4.74 Å². The van der Waals surface area contributed by atoms with Crippen molar-refractivity contribution in [1.29, 1.82) is 0 Å². The van der Waals surface area contributed by atoms with Crippen LogP contribution in [0.5, 0.6) is 5.88 Å². The Balaban J connectivity index is 1.55. The molecule has 0 fully saturated rings. The molecule has 2 aromatic rings. The van der Waals surface area contributed by atoms with Gasteiger partial charge in [0.1, 0.15) is 0 Å². The molecule has 0 radical (unpaired) electrons. The van der Waals surface area contributed by atoms with Crippen LogP contribution < -0.4 is 14.8 Å². The van der Waals surface area contributed by atoms with Crippen LogP contribution in [0, 0.1) is 5.41 Å². The van der Waals surface area contributed by atoms with Gasteiger partial charge in [0.05, 0.1) is 18.8 Å².